The highest BCUT2D eigenvalue weighted by Gasteiger charge is 2.20. The van der Waals surface area contributed by atoms with Gasteiger partial charge in [0.15, 0.2) is 5.69 Å². The average Bonchev–Trinajstić information content (AvgIpc) is 2.74. The van der Waals surface area contributed by atoms with Crippen LogP contribution in [0.2, 0.25) is 0 Å². The Morgan fingerprint density at radius 2 is 2.27 bits per heavy atom. The van der Waals surface area contributed by atoms with E-state index in [1.165, 1.54) is 6.20 Å². The number of amides is 1. The summed E-state index contributed by atoms with van der Waals surface area (Å²) in [5.74, 6) is 1.12. The van der Waals surface area contributed by atoms with E-state index in [4.69, 9.17) is 0 Å². The van der Waals surface area contributed by atoms with Crippen LogP contribution in [-0.2, 0) is 10.8 Å². The van der Waals surface area contributed by atoms with Crippen LogP contribution in [0.3, 0.4) is 0 Å². The summed E-state index contributed by atoms with van der Waals surface area (Å²) in [6, 6.07) is 0.117. The molecule has 7 heteroatoms. The fourth-order valence-corrected chi connectivity index (χ4v) is 2.81. The number of carbonyl (C=O) groups excluding carboxylic acids is 1. The largest absolute Gasteiger partial charge is 0.348 e. The highest BCUT2D eigenvalue weighted by atomic mass is 32.2. The van der Waals surface area contributed by atoms with Gasteiger partial charge in [0.25, 0.3) is 5.91 Å². The molecular formula is C8H12N4O2S. The van der Waals surface area contributed by atoms with E-state index < -0.39 is 10.8 Å². The van der Waals surface area contributed by atoms with Gasteiger partial charge in [-0.3, -0.25) is 9.00 Å². The molecule has 1 aromatic heterocycles. The Hall–Kier alpha value is -1.24. The van der Waals surface area contributed by atoms with Gasteiger partial charge in [0.1, 0.15) is 0 Å². The molecule has 1 aliphatic heterocycles. The highest BCUT2D eigenvalue weighted by Crippen LogP contribution is 2.09. The van der Waals surface area contributed by atoms with Gasteiger partial charge in [-0.1, -0.05) is 0 Å². The Labute approximate surface area is 89.3 Å². The number of nitrogens with one attached hydrogen (secondary N) is 2. The second kappa shape index (κ2) is 4.52. The van der Waals surface area contributed by atoms with Crippen LogP contribution in [0.25, 0.3) is 0 Å². The molecule has 0 unspecified atom stereocenters. The third kappa shape index (κ3) is 2.62. The predicted molar refractivity (Wildman–Crippen MR) is 54.7 cm³/mol. The van der Waals surface area contributed by atoms with Crippen molar-refractivity contribution in [2.24, 2.45) is 0 Å². The van der Waals surface area contributed by atoms with E-state index >= 15 is 0 Å². The first-order valence-electron chi connectivity index (χ1n) is 4.77. The van der Waals surface area contributed by atoms with E-state index in [1.54, 1.807) is 0 Å². The Bertz CT molecular complexity index is 355. The first-order valence-corrected chi connectivity index (χ1v) is 6.26. The van der Waals surface area contributed by atoms with Gasteiger partial charge in [0.2, 0.25) is 0 Å². The van der Waals surface area contributed by atoms with E-state index in [2.05, 4.69) is 20.7 Å². The van der Waals surface area contributed by atoms with Gasteiger partial charge >= 0.3 is 0 Å². The molecule has 1 saturated heterocycles. The van der Waals surface area contributed by atoms with E-state index in [0.29, 0.717) is 17.2 Å². The topological polar surface area (TPSA) is 87.7 Å². The van der Waals surface area contributed by atoms with Crippen molar-refractivity contribution < 1.29 is 9.00 Å². The first kappa shape index (κ1) is 10.3. The van der Waals surface area contributed by atoms with E-state index in [-0.39, 0.29) is 11.9 Å². The molecule has 2 heterocycles. The molecule has 0 aromatic carbocycles. The second-order valence-corrected chi connectivity index (χ2v) is 5.15. The fourth-order valence-electron chi connectivity index (χ4n) is 1.51. The zero-order valence-electron chi connectivity index (χ0n) is 8.10. The zero-order valence-corrected chi connectivity index (χ0v) is 8.92. The lowest BCUT2D eigenvalue weighted by Crippen LogP contribution is -2.39. The Morgan fingerprint density at radius 3 is 2.87 bits per heavy atom. The number of carbonyl (C=O) groups is 1. The van der Waals surface area contributed by atoms with Crippen LogP contribution in [0.1, 0.15) is 23.3 Å². The Morgan fingerprint density at radius 1 is 1.53 bits per heavy atom. The van der Waals surface area contributed by atoms with Crippen LogP contribution < -0.4 is 5.32 Å². The quantitative estimate of drug-likeness (QED) is 0.710. The molecule has 1 amide bonds. The van der Waals surface area contributed by atoms with Crippen molar-refractivity contribution >= 4 is 16.7 Å². The lowest BCUT2D eigenvalue weighted by Gasteiger charge is -2.21. The van der Waals surface area contributed by atoms with Crippen LogP contribution in [0.15, 0.2) is 6.20 Å². The monoisotopic (exact) mass is 228 g/mol. The SMILES string of the molecule is O=C(NC1CCS(=O)CC1)c1cn[nH]n1. The van der Waals surface area contributed by atoms with E-state index in [9.17, 15) is 9.00 Å². The lowest BCUT2D eigenvalue weighted by atomic mass is 10.1. The molecule has 1 aliphatic rings. The zero-order chi connectivity index (χ0) is 10.7. The number of aromatic amines is 1. The van der Waals surface area contributed by atoms with E-state index in [0.717, 1.165) is 12.8 Å². The van der Waals surface area contributed by atoms with Crippen molar-refractivity contribution in [1.29, 1.82) is 0 Å². The molecule has 1 fully saturated rings. The second-order valence-electron chi connectivity index (χ2n) is 3.45. The molecule has 2 N–H and O–H groups in total. The lowest BCUT2D eigenvalue weighted by molar-refractivity contribution is 0.0929. The molecule has 6 nitrogen and oxygen atoms in total. The normalized spacial score (nSPS) is 26.1. The van der Waals surface area contributed by atoms with Crippen LogP contribution in [0.4, 0.5) is 0 Å². The molecule has 82 valence electrons. The van der Waals surface area contributed by atoms with Crippen molar-refractivity contribution in [3.63, 3.8) is 0 Å². The summed E-state index contributed by atoms with van der Waals surface area (Å²) < 4.78 is 11.1. The van der Waals surface area contributed by atoms with E-state index in [1.807, 2.05) is 0 Å². The summed E-state index contributed by atoms with van der Waals surface area (Å²) in [6.45, 7) is 0. The summed E-state index contributed by atoms with van der Waals surface area (Å²) in [5, 5.41) is 12.5. The van der Waals surface area contributed by atoms with Gasteiger partial charge in [-0.2, -0.15) is 15.4 Å². The molecule has 0 saturated carbocycles. The van der Waals surface area contributed by atoms with Gasteiger partial charge in [0, 0.05) is 28.3 Å². The standard InChI is InChI=1S/C8H12N4O2S/c13-8(7-5-9-12-11-7)10-6-1-3-15(14)4-2-6/h5-6H,1-4H2,(H,10,13)(H,9,11,12). The van der Waals surface area contributed by atoms with Crippen LogP contribution >= 0.6 is 0 Å². The molecule has 2 rings (SSSR count). The third-order valence-corrected chi connectivity index (χ3v) is 3.75. The summed E-state index contributed by atoms with van der Waals surface area (Å²) in [6.07, 6.45) is 2.93. The van der Waals surface area contributed by atoms with Crippen molar-refractivity contribution in [3.8, 4) is 0 Å². The molecule has 15 heavy (non-hydrogen) atoms. The van der Waals surface area contributed by atoms with Crippen molar-refractivity contribution in [1.82, 2.24) is 20.7 Å². The van der Waals surface area contributed by atoms with Crippen molar-refractivity contribution in [3.05, 3.63) is 11.9 Å². The number of rotatable bonds is 2. The Balaban J connectivity index is 1.87. The summed E-state index contributed by atoms with van der Waals surface area (Å²) >= 11 is 0. The van der Waals surface area contributed by atoms with Gasteiger partial charge in [0.05, 0.1) is 6.20 Å². The highest BCUT2D eigenvalue weighted by molar-refractivity contribution is 7.85. The predicted octanol–water partition coefficient (Wildman–Crippen LogP) is -0.554. The van der Waals surface area contributed by atoms with Gasteiger partial charge in [-0.15, -0.1) is 0 Å². The van der Waals surface area contributed by atoms with Crippen molar-refractivity contribution in [2.45, 2.75) is 18.9 Å². The molecule has 0 radical (unpaired) electrons. The molecule has 0 atom stereocenters. The minimum atomic E-state index is -0.698. The van der Waals surface area contributed by atoms with Crippen molar-refractivity contribution in [2.75, 3.05) is 11.5 Å². The number of hydrogen-bond donors (Lipinski definition) is 2. The fraction of sp³-hybridized carbons (Fsp3) is 0.625. The van der Waals surface area contributed by atoms with Gasteiger partial charge in [-0.05, 0) is 12.8 Å². The molecule has 1 aromatic rings. The Kier molecular flexibility index (Phi) is 3.10. The maximum atomic E-state index is 11.5. The summed E-state index contributed by atoms with van der Waals surface area (Å²) in [4.78, 5) is 11.5. The smallest absolute Gasteiger partial charge is 0.273 e. The van der Waals surface area contributed by atoms with Crippen LogP contribution in [0.5, 0.6) is 0 Å². The first-order chi connectivity index (χ1) is 7.25. The summed E-state index contributed by atoms with van der Waals surface area (Å²) in [5.41, 5.74) is 0.293. The molecule has 0 spiro atoms. The molecule has 0 aliphatic carbocycles. The van der Waals surface area contributed by atoms with Crippen LogP contribution in [0, 0.1) is 0 Å². The maximum Gasteiger partial charge on any atom is 0.273 e. The van der Waals surface area contributed by atoms with Gasteiger partial charge in [-0.25, -0.2) is 0 Å². The van der Waals surface area contributed by atoms with Gasteiger partial charge < -0.3 is 5.32 Å². The number of aromatic nitrogens is 3. The van der Waals surface area contributed by atoms with Crippen LogP contribution in [-0.4, -0.2) is 43.1 Å². The number of H-pyrrole nitrogens is 1. The molecule has 0 bridgehead atoms. The number of hydrogen-bond acceptors (Lipinski definition) is 4. The third-order valence-electron chi connectivity index (χ3n) is 2.37. The average molecular weight is 228 g/mol. The molecular weight excluding hydrogens is 216 g/mol. The minimum Gasteiger partial charge on any atom is -0.348 e. The summed E-state index contributed by atoms with van der Waals surface area (Å²) in [7, 11) is -0.698. The number of nitrogens with zero attached hydrogens (tertiary/aromatic N) is 2. The maximum absolute atomic E-state index is 11.5. The minimum absolute atomic E-state index is 0.117.